The molecule has 0 fully saturated rings. The van der Waals surface area contributed by atoms with Gasteiger partial charge in [-0.2, -0.15) is 0 Å². The highest BCUT2D eigenvalue weighted by Crippen LogP contribution is 2.40. The summed E-state index contributed by atoms with van der Waals surface area (Å²) in [5, 5.41) is 13.6. The minimum atomic E-state index is 1.00. The maximum absolute atomic E-state index is 5.43. The third-order valence-electron chi connectivity index (χ3n) is 10.5. The number of nitrogens with zero attached hydrogens (tertiary/aromatic N) is 2. The molecule has 2 aromatic heterocycles. The molecule has 11 rings (SSSR count). The van der Waals surface area contributed by atoms with E-state index in [2.05, 4.69) is 174 Å². The number of benzene rings is 9. The Balaban J connectivity index is 1.16. The van der Waals surface area contributed by atoms with E-state index >= 15 is 0 Å². The van der Waals surface area contributed by atoms with Crippen molar-refractivity contribution in [2.24, 2.45) is 0 Å². The molecule has 0 aliphatic rings. The minimum absolute atomic E-state index is 1.00. The molecule has 0 bridgehead atoms. The molecule has 2 heterocycles. The van der Waals surface area contributed by atoms with Crippen LogP contribution in [0.4, 0.5) is 0 Å². The van der Waals surface area contributed by atoms with Crippen LogP contribution in [0.25, 0.3) is 104 Å². The molecule has 0 aliphatic heterocycles. The molecule has 11 aromatic rings. The largest absolute Gasteiger partial charge is 0.292 e. The van der Waals surface area contributed by atoms with E-state index in [1.165, 1.54) is 81.5 Å². The molecule has 2 heteroatoms. The highest BCUT2D eigenvalue weighted by molar-refractivity contribution is 6.24. The highest BCUT2D eigenvalue weighted by Gasteiger charge is 2.18. The summed E-state index contributed by atoms with van der Waals surface area (Å²) in [6, 6.07) is 62.0. The van der Waals surface area contributed by atoms with Crippen molar-refractivity contribution in [3.63, 3.8) is 0 Å². The molecule has 2 nitrogen and oxygen atoms in total. The summed E-state index contributed by atoms with van der Waals surface area (Å²) in [6.45, 7) is 0. The number of fused-ring (bicyclic) bond motifs is 15. The average Bonchev–Trinajstić information content (AvgIpc) is 3.58. The Kier molecular flexibility index (Phi) is 5.42. The molecule has 0 unspecified atom stereocenters. The molecule has 0 radical (unpaired) electrons. The van der Waals surface area contributed by atoms with Gasteiger partial charge in [-0.3, -0.25) is 4.40 Å². The van der Waals surface area contributed by atoms with E-state index in [0.29, 0.717) is 0 Å². The summed E-state index contributed by atoms with van der Waals surface area (Å²) in [5.74, 6) is 0. The monoisotopic (exact) mass is 620 g/mol. The predicted molar refractivity (Wildman–Crippen MR) is 209 cm³/mol. The summed E-state index contributed by atoms with van der Waals surface area (Å²) in [5.41, 5.74) is 9.19. The summed E-state index contributed by atoms with van der Waals surface area (Å²) in [7, 11) is 0. The van der Waals surface area contributed by atoms with Gasteiger partial charge in [0.1, 0.15) is 5.65 Å². The second kappa shape index (κ2) is 10.00. The normalized spacial score (nSPS) is 12.1. The number of rotatable bonds is 2. The van der Waals surface area contributed by atoms with Crippen molar-refractivity contribution >= 4 is 81.4 Å². The zero-order valence-electron chi connectivity index (χ0n) is 26.6. The third-order valence-corrected chi connectivity index (χ3v) is 10.5. The fraction of sp³-hybridized carbons (Fsp3) is 0. The van der Waals surface area contributed by atoms with E-state index in [1.807, 2.05) is 0 Å². The second-order valence-corrected chi connectivity index (χ2v) is 13.1. The molecule has 226 valence electrons. The van der Waals surface area contributed by atoms with Crippen molar-refractivity contribution in [2.75, 3.05) is 0 Å². The SMILES string of the molecule is c1ccc2c(c1)cc(-c1ccc(-c3ccc4c5ccc6ccccc6c5c5nc6c7ccccc7ccc6n5c4c3)cc1)c1ccccc12. The topological polar surface area (TPSA) is 17.3 Å². The number of aromatic nitrogens is 2. The van der Waals surface area contributed by atoms with E-state index in [4.69, 9.17) is 4.98 Å². The summed E-state index contributed by atoms with van der Waals surface area (Å²) in [6.07, 6.45) is 0. The van der Waals surface area contributed by atoms with Gasteiger partial charge in [0.15, 0.2) is 0 Å². The van der Waals surface area contributed by atoms with Crippen LogP contribution in [0.3, 0.4) is 0 Å². The first kappa shape index (κ1) is 26.5. The maximum atomic E-state index is 5.43. The number of pyridine rings is 1. The average molecular weight is 621 g/mol. The van der Waals surface area contributed by atoms with Gasteiger partial charge in [0, 0.05) is 16.2 Å². The molecular formula is C47H28N2. The molecule has 0 atom stereocenters. The van der Waals surface area contributed by atoms with Gasteiger partial charge in [0.05, 0.1) is 16.6 Å². The van der Waals surface area contributed by atoms with Crippen LogP contribution in [-0.4, -0.2) is 9.38 Å². The Morgan fingerprint density at radius 1 is 0.347 bits per heavy atom. The Morgan fingerprint density at radius 3 is 1.76 bits per heavy atom. The lowest BCUT2D eigenvalue weighted by Crippen LogP contribution is -1.93. The first-order chi connectivity index (χ1) is 24.3. The van der Waals surface area contributed by atoms with Crippen molar-refractivity contribution < 1.29 is 0 Å². The van der Waals surface area contributed by atoms with Crippen LogP contribution in [-0.2, 0) is 0 Å². The van der Waals surface area contributed by atoms with Crippen molar-refractivity contribution in [2.45, 2.75) is 0 Å². The molecular weight excluding hydrogens is 593 g/mol. The quantitative estimate of drug-likeness (QED) is 0.176. The molecule has 0 saturated carbocycles. The molecule has 0 spiro atoms. The van der Waals surface area contributed by atoms with Crippen molar-refractivity contribution in [1.29, 1.82) is 0 Å². The van der Waals surface area contributed by atoms with Gasteiger partial charge < -0.3 is 0 Å². The number of imidazole rings is 1. The van der Waals surface area contributed by atoms with Crippen LogP contribution in [0.2, 0.25) is 0 Å². The summed E-state index contributed by atoms with van der Waals surface area (Å²) >= 11 is 0. The second-order valence-electron chi connectivity index (χ2n) is 13.1. The molecule has 0 amide bonds. The standard InChI is InChI=1S/C47H28N2/c1-5-13-36-30(9-1)21-25-41-40-24-22-33(28-44(40)49-43-26-23-31-10-2-6-14-37(31)46(43)48-47(49)45(36)41)29-17-19-32(20-18-29)42-27-34-11-3-4-12-35(34)38-15-7-8-16-39(38)42/h1-28H. The predicted octanol–water partition coefficient (Wildman–Crippen LogP) is 12.7. The molecule has 0 saturated heterocycles. The number of hydrogen-bond donors (Lipinski definition) is 0. The Hall–Kier alpha value is -6.51. The molecule has 0 N–H and O–H groups in total. The first-order valence-corrected chi connectivity index (χ1v) is 16.9. The van der Waals surface area contributed by atoms with Crippen molar-refractivity contribution in [1.82, 2.24) is 9.38 Å². The van der Waals surface area contributed by atoms with Crippen LogP contribution in [0.15, 0.2) is 170 Å². The fourth-order valence-electron chi connectivity index (χ4n) is 8.22. The highest BCUT2D eigenvalue weighted by atomic mass is 15.0. The zero-order valence-corrected chi connectivity index (χ0v) is 26.6. The van der Waals surface area contributed by atoms with Gasteiger partial charge in [-0.15, -0.1) is 0 Å². The van der Waals surface area contributed by atoms with E-state index in [1.54, 1.807) is 0 Å². The van der Waals surface area contributed by atoms with Crippen molar-refractivity contribution in [3.05, 3.63) is 170 Å². The van der Waals surface area contributed by atoms with Crippen LogP contribution in [0, 0.1) is 0 Å². The third kappa shape index (κ3) is 3.80. The molecule has 0 aliphatic carbocycles. The maximum Gasteiger partial charge on any atom is 0.147 e. The molecule has 49 heavy (non-hydrogen) atoms. The number of hydrogen-bond acceptors (Lipinski definition) is 1. The van der Waals surface area contributed by atoms with Crippen LogP contribution in [0.5, 0.6) is 0 Å². The Bertz CT molecular complexity index is 3150. The van der Waals surface area contributed by atoms with Gasteiger partial charge >= 0.3 is 0 Å². The van der Waals surface area contributed by atoms with Crippen LogP contribution < -0.4 is 0 Å². The van der Waals surface area contributed by atoms with E-state index in [-0.39, 0.29) is 0 Å². The first-order valence-electron chi connectivity index (χ1n) is 16.9. The lowest BCUT2D eigenvalue weighted by molar-refractivity contribution is 1.32. The van der Waals surface area contributed by atoms with Gasteiger partial charge in [0.25, 0.3) is 0 Å². The lowest BCUT2D eigenvalue weighted by Gasteiger charge is -2.14. The van der Waals surface area contributed by atoms with Gasteiger partial charge in [-0.1, -0.05) is 152 Å². The van der Waals surface area contributed by atoms with Gasteiger partial charge in [-0.25, -0.2) is 4.98 Å². The van der Waals surface area contributed by atoms with Crippen LogP contribution in [0.1, 0.15) is 0 Å². The van der Waals surface area contributed by atoms with Gasteiger partial charge in [0.2, 0.25) is 0 Å². The van der Waals surface area contributed by atoms with E-state index < -0.39 is 0 Å². The summed E-state index contributed by atoms with van der Waals surface area (Å²) < 4.78 is 2.39. The minimum Gasteiger partial charge on any atom is -0.292 e. The van der Waals surface area contributed by atoms with Crippen LogP contribution >= 0.6 is 0 Å². The smallest absolute Gasteiger partial charge is 0.147 e. The van der Waals surface area contributed by atoms with E-state index in [0.717, 1.165) is 22.2 Å². The lowest BCUT2D eigenvalue weighted by atomic mass is 9.92. The Labute approximate surface area is 282 Å². The molecule has 9 aromatic carbocycles. The van der Waals surface area contributed by atoms with Gasteiger partial charge in [-0.05, 0) is 83.5 Å². The van der Waals surface area contributed by atoms with E-state index in [9.17, 15) is 0 Å². The van der Waals surface area contributed by atoms with Crippen molar-refractivity contribution in [3.8, 4) is 22.3 Å². The fourth-order valence-corrected chi connectivity index (χ4v) is 8.22. The zero-order chi connectivity index (χ0) is 32.1. The Morgan fingerprint density at radius 2 is 0.939 bits per heavy atom. The summed E-state index contributed by atoms with van der Waals surface area (Å²) in [4.78, 5) is 5.43.